The number of anilines is 1. The standard InChI is InChI=1S/C24H28N4S2/c1-2-5-22(6-3-1)28-16-14-27(15-17-28)13-4-18-29-24-9-12-26-21(19-24)20-30-23-7-10-25-11-8-23/h1-3,5-12,19H,4,13-18,20H2. The minimum Gasteiger partial charge on any atom is -0.369 e. The molecule has 4 rings (SSSR count). The molecule has 1 aliphatic rings. The van der Waals surface area contributed by atoms with Gasteiger partial charge in [-0.2, -0.15) is 0 Å². The minimum absolute atomic E-state index is 0.893. The van der Waals surface area contributed by atoms with Gasteiger partial charge in [0.2, 0.25) is 0 Å². The Hall–Kier alpha value is -2.02. The van der Waals surface area contributed by atoms with E-state index in [1.54, 1.807) is 11.8 Å². The van der Waals surface area contributed by atoms with Crippen molar-refractivity contribution < 1.29 is 0 Å². The summed E-state index contributed by atoms with van der Waals surface area (Å²) in [5, 5.41) is 0. The summed E-state index contributed by atoms with van der Waals surface area (Å²) in [7, 11) is 0. The Kier molecular flexibility index (Phi) is 8.06. The van der Waals surface area contributed by atoms with E-state index in [0.29, 0.717) is 0 Å². The van der Waals surface area contributed by atoms with Gasteiger partial charge in [-0.05, 0) is 55.1 Å². The third-order valence-corrected chi connectivity index (χ3v) is 7.33. The van der Waals surface area contributed by atoms with Gasteiger partial charge < -0.3 is 4.90 Å². The Bertz CT molecular complexity index is 884. The van der Waals surface area contributed by atoms with Crippen LogP contribution in [0.5, 0.6) is 0 Å². The molecule has 0 atom stereocenters. The van der Waals surface area contributed by atoms with Crippen LogP contribution in [0, 0.1) is 0 Å². The van der Waals surface area contributed by atoms with Crippen molar-refractivity contribution >= 4 is 29.2 Å². The van der Waals surface area contributed by atoms with Gasteiger partial charge in [-0.15, -0.1) is 23.5 Å². The SMILES string of the molecule is c1ccc(N2CCN(CCCSc3ccnc(CSc4ccncc4)c3)CC2)cc1. The maximum Gasteiger partial charge on any atom is 0.0517 e. The molecule has 1 aliphatic heterocycles. The van der Waals surface area contributed by atoms with Crippen LogP contribution in [0.2, 0.25) is 0 Å². The normalized spacial score (nSPS) is 14.7. The van der Waals surface area contributed by atoms with Crippen molar-refractivity contribution in [3.8, 4) is 0 Å². The molecule has 0 unspecified atom stereocenters. The summed E-state index contributed by atoms with van der Waals surface area (Å²) < 4.78 is 0. The lowest BCUT2D eigenvalue weighted by atomic mass is 10.2. The molecule has 3 heterocycles. The highest BCUT2D eigenvalue weighted by Gasteiger charge is 2.16. The Morgan fingerprint density at radius 1 is 0.800 bits per heavy atom. The Labute approximate surface area is 188 Å². The van der Waals surface area contributed by atoms with Gasteiger partial charge in [0.1, 0.15) is 0 Å². The van der Waals surface area contributed by atoms with E-state index in [4.69, 9.17) is 0 Å². The third-order valence-electron chi connectivity index (χ3n) is 5.21. The number of nitrogens with zero attached hydrogens (tertiary/aromatic N) is 4. The predicted octanol–water partition coefficient (Wildman–Crippen LogP) is 5.07. The van der Waals surface area contributed by atoms with Gasteiger partial charge in [-0.25, -0.2) is 0 Å². The number of hydrogen-bond acceptors (Lipinski definition) is 6. The van der Waals surface area contributed by atoms with Crippen molar-refractivity contribution in [3.63, 3.8) is 0 Å². The number of piperazine rings is 1. The number of benzene rings is 1. The summed E-state index contributed by atoms with van der Waals surface area (Å²) in [6.07, 6.45) is 6.83. The second-order valence-electron chi connectivity index (χ2n) is 7.32. The average molecular weight is 437 g/mol. The second-order valence-corrected chi connectivity index (χ2v) is 9.54. The largest absolute Gasteiger partial charge is 0.369 e. The van der Waals surface area contributed by atoms with Crippen molar-refractivity contribution in [2.45, 2.75) is 22.0 Å². The molecule has 2 aromatic heterocycles. The fourth-order valence-corrected chi connectivity index (χ4v) is 5.24. The number of aromatic nitrogens is 2. The van der Waals surface area contributed by atoms with E-state index in [1.165, 1.54) is 28.4 Å². The van der Waals surface area contributed by atoms with Crippen LogP contribution in [0.3, 0.4) is 0 Å². The molecule has 0 spiro atoms. The minimum atomic E-state index is 0.893. The highest BCUT2D eigenvalue weighted by molar-refractivity contribution is 7.99. The predicted molar refractivity (Wildman–Crippen MR) is 128 cm³/mol. The first kappa shape index (κ1) is 21.2. The van der Waals surface area contributed by atoms with Crippen LogP contribution < -0.4 is 4.90 Å². The first-order chi connectivity index (χ1) is 14.9. The maximum absolute atomic E-state index is 4.53. The van der Waals surface area contributed by atoms with E-state index in [1.807, 2.05) is 42.5 Å². The first-order valence-corrected chi connectivity index (χ1v) is 12.5. The van der Waals surface area contributed by atoms with Crippen LogP contribution in [0.4, 0.5) is 5.69 Å². The topological polar surface area (TPSA) is 32.3 Å². The van der Waals surface area contributed by atoms with Crippen molar-refractivity contribution in [2.24, 2.45) is 0 Å². The molecule has 6 heteroatoms. The van der Waals surface area contributed by atoms with Crippen molar-refractivity contribution in [3.05, 3.63) is 78.9 Å². The summed E-state index contributed by atoms with van der Waals surface area (Å²) >= 11 is 3.75. The molecule has 3 aromatic rings. The molecule has 0 saturated carbocycles. The highest BCUT2D eigenvalue weighted by atomic mass is 32.2. The molecule has 0 radical (unpaired) electrons. The van der Waals surface area contributed by atoms with Crippen LogP contribution in [-0.2, 0) is 5.75 Å². The quantitative estimate of drug-likeness (QED) is 0.344. The van der Waals surface area contributed by atoms with E-state index in [2.05, 4.69) is 62.2 Å². The highest BCUT2D eigenvalue weighted by Crippen LogP contribution is 2.24. The molecule has 0 aliphatic carbocycles. The fourth-order valence-electron chi connectivity index (χ4n) is 3.56. The lowest BCUT2D eigenvalue weighted by Gasteiger charge is -2.36. The molecule has 4 nitrogen and oxygen atoms in total. The third kappa shape index (κ3) is 6.49. The number of pyridine rings is 2. The average Bonchev–Trinajstić information content (AvgIpc) is 2.82. The van der Waals surface area contributed by atoms with Crippen molar-refractivity contribution in [2.75, 3.05) is 43.4 Å². The van der Waals surface area contributed by atoms with Gasteiger partial charge in [-0.3, -0.25) is 14.9 Å². The zero-order valence-corrected chi connectivity index (χ0v) is 18.8. The van der Waals surface area contributed by atoms with Gasteiger partial charge in [0.15, 0.2) is 0 Å². The monoisotopic (exact) mass is 436 g/mol. The first-order valence-electron chi connectivity index (χ1n) is 10.5. The van der Waals surface area contributed by atoms with Gasteiger partial charge in [0, 0.05) is 66.0 Å². The molecule has 1 fully saturated rings. The Morgan fingerprint density at radius 3 is 2.37 bits per heavy atom. The van der Waals surface area contributed by atoms with Crippen LogP contribution in [0.25, 0.3) is 0 Å². The molecular weight excluding hydrogens is 408 g/mol. The van der Waals surface area contributed by atoms with Crippen molar-refractivity contribution in [1.82, 2.24) is 14.9 Å². The van der Waals surface area contributed by atoms with E-state index in [0.717, 1.165) is 43.4 Å². The number of para-hydroxylation sites is 1. The van der Waals surface area contributed by atoms with Gasteiger partial charge in [0.05, 0.1) is 5.69 Å². The van der Waals surface area contributed by atoms with E-state index < -0.39 is 0 Å². The van der Waals surface area contributed by atoms with Crippen LogP contribution >= 0.6 is 23.5 Å². The number of rotatable bonds is 9. The molecule has 156 valence electrons. The molecule has 1 aromatic carbocycles. The Balaban J connectivity index is 1.15. The smallest absolute Gasteiger partial charge is 0.0517 e. The molecule has 30 heavy (non-hydrogen) atoms. The molecule has 0 amide bonds. The summed E-state index contributed by atoms with van der Waals surface area (Å²) in [4.78, 5) is 16.2. The summed E-state index contributed by atoms with van der Waals surface area (Å²) in [6, 6.07) is 19.2. The lowest BCUT2D eigenvalue weighted by molar-refractivity contribution is 0.259. The zero-order chi connectivity index (χ0) is 20.4. The molecule has 0 N–H and O–H groups in total. The van der Waals surface area contributed by atoms with Gasteiger partial charge >= 0.3 is 0 Å². The van der Waals surface area contributed by atoms with E-state index in [9.17, 15) is 0 Å². The number of hydrogen-bond donors (Lipinski definition) is 0. The van der Waals surface area contributed by atoms with Crippen LogP contribution in [0.15, 0.2) is 83.0 Å². The fraction of sp³-hybridized carbons (Fsp3) is 0.333. The number of thioether (sulfide) groups is 2. The molecule has 1 saturated heterocycles. The van der Waals surface area contributed by atoms with E-state index in [-0.39, 0.29) is 0 Å². The van der Waals surface area contributed by atoms with Crippen LogP contribution in [-0.4, -0.2) is 53.3 Å². The van der Waals surface area contributed by atoms with Crippen LogP contribution in [0.1, 0.15) is 12.1 Å². The summed E-state index contributed by atoms with van der Waals surface area (Å²) in [5.41, 5.74) is 2.49. The maximum atomic E-state index is 4.53. The van der Waals surface area contributed by atoms with Crippen molar-refractivity contribution in [1.29, 1.82) is 0 Å². The van der Waals surface area contributed by atoms with E-state index >= 15 is 0 Å². The summed E-state index contributed by atoms with van der Waals surface area (Å²) in [5.74, 6) is 2.05. The zero-order valence-electron chi connectivity index (χ0n) is 17.2. The summed E-state index contributed by atoms with van der Waals surface area (Å²) in [6.45, 7) is 5.75. The molecule has 0 bridgehead atoms. The van der Waals surface area contributed by atoms with Gasteiger partial charge in [0.25, 0.3) is 0 Å². The second kappa shape index (κ2) is 11.4. The van der Waals surface area contributed by atoms with Gasteiger partial charge in [-0.1, -0.05) is 18.2 Å². The Morgan fingerprint density at radius 2 is 1.57 bits per heavy atom. The lowest BCUT2D eigenvalue weighted by Crippen LogP contribution is -2.46. The molecular formula is C24H28N4S2.